The summed E-state index contributed by atoms with van der Waals surface area (Å²) in [6, 6.07) is 13.2. The van der Waals surface area contributed by atoms with Crippen molar-refractivity contribution in [2.45, 2.75) is 64.1 Å². The van der Waals surface area contributed by atoms with Gasteiger partial charge in [-0.3, -0.25) is 14.5 Å². The number of fused-ring (bicyclic) bond motifs is 4. The molecule has 7 heteroatoms. The molecule has 3 aliphatic heterocycles. The number of hydrogen-bond acceptors (Lipinski definition) is 5. The highest BCUT2D eigenvalue weighted by Gasteiger charge is 2.34. The highest BCUT2D eigenvalue weighted by Crippen LogP contribution is 2.33. The zero-order valence-corrected chi connectivity index (χ0v) is 21.4. The Hall–Kier alpha value is -3.45. The van der Waals surface area contributed by atoms with Crippen molar-refractivity contribution in [1.82, 2.24) is 10.2 Å². The molecule has 3 unspecified atom stereocenters. The van der Waals surface area contributed by atoms with E-state index in [0.29, 0.717) is 12.0 Å². The number of allylic oxidation sites excluding steroid dienone is 1. The molecule has 0 radical (unpaired) electrons. The summed E-state index contributed by atoms with van der Waals surface area (Å²) in [5.41, 5.74) is 11.2. The zero-order chi connectivity index (χ0) is 25.7. The first-order chi connectivity index (χ1) is 17.5. The Morgan fingerprint density at radius 2 is 1.97 bits per heavy atom. The van der Waals surface area contributed by atoms with Gasteiger partial charge in [0, 0.05) is 19.1 Å². The van der Waals surface area contributed by atoms with E-state index in [4.69, 9.17) is 10.5 Å². The van der Waals surface area contributed by atoms with E-state index in [1.165, 1.54) is 16.0 Å². The van der Waals surface area contributed by atoms with Crippen LogP contribution in [0.1, 0.15) is 84.2 Å². The fraction of sp³-hybridized carbons (Fsp3) is 0.414. The summed E-state index contributed by atoms with van der Waals surface area (Å²) in [5.74, 6) is -0.00951. The van der Waals surface area contributed by atoms with Crippen molar-refractivity contribution in [3.05, 3.63) is 76.4 Å². The predicted octanol–water partition coefficient (Wildman–Crippen LogP) is 4.54. The molecule has 6 rings (SSSR count). The molecule has 6 bridgehead atoms. The number of aliphatic imine (C=N–C) groups is 1. The Kier molecular flexibility index (Phi) is 8.21. The quantitative estimate of drug-likeness (QED) is 0.649. The number of carbonyl (C=O) groups is 2. The first kappa shape index (κ1) is 25.6. The van der Waals surface area contributed by atoms with Crippen LogP contribution >= 0.6 is 0 Å². The van der Waals surface area contributed by atoms with Gasteiger partial charge in [0.2, 0.25) is 5.91 Å². The van der Waals surface area contributed by atoms with Crippen LogP contribution in [0.5, 0.6) is 0 Å². The molecule has 190 valence electrons. The molecule has 3 N–H and O–H groups in total. The van der Waals surface area contributed by atoms with E-state index in [-0.39, 0.29) is 36.5 Å². The highest BCUT2D eigenvalue weighted by atomic mass is 16.5. The van der Waals surface area contributed by atoms with Crippen LogP contribution in [0.3, 0.4) is 0 Å². The SMILES string of the molecule is CC.COCC1c2cccc(c2)C(=O)NC2CCc3ccc(cc32)/C=C\CCC2CC(=O)N1C(N)=N2. The lowest BCUT2D eigenvalue weighted by molar-refractivity contribution is -0.131. The number of nitrogens with two attached hydrogens (primary N) is 1. The van der Waals surface area contributed by atoms with Gasteiger partial charge >= 0.3 is 0 Å². The third-order valence-electron chi connectivity index (χ3n) is 6.94. The summed E-state index contributed by atoms with van der Waals surface area (Å²) < 4.78 is 5.44. The molecule has 1 aliphatic carbocycles. The fourth-order valence-corrected chi connectivity index (χ4v) is 5.21. The first-order valence-electron chi connectivity index (χ1n) is 12.9. The number of nitrogens with one attached hydrogen (secondary N) is 1. The summed E-state index contributed by atoms with van der Waals surface area (Å²) in [5, 5.41) is 3.21. The minimum absolute atomic E-state index is 0.0164. The van der Waals surface area contributed by atoms with Crippen molar-refractivity contribution in [3.63, 3.8) is 0 Å². The van der Waals surface area contributed by atoms with Crippen LogP contribution in [-0.4, -0.2) is 42.4 Å². The van der Waals surface area contributed by atoms with Gasteiger partial charge in [0.1, 0.15) is 0 Å². The van der Waals surface area contributed by atoms with Gasteiger partial charge in [0.25, 0.3) is 5.91 Å². The van der Waals surface area contributed by atoms with Gasteiger partial charge in [-0.25, -0.2) is 4.99 Å². The molecule has 3 heterocycles. The maximum atomic E-state index is 13.2. The van der Waals surface area contributed by atoms with E-state index in [9.17, 15) is 9.59 Å². The van der Waals surface area contributed by atoms with Gasteiger partial charge in [-0.05, 0) is 66.1 Å². The van der Waals surface area contributed by atoms with E-state index >= 15 is 0 Å². The molecule has 36 heavy (non-hydrogen) atoms. The molecule has 3 atom stereocenters. The summed E-state index contributed by atoms with van der Waals surface area (Å²) in [7, 11) is 1.59. The lowest BCUT2D eigenvalue weighted by atomic mass is 9.99. The third-order valence-corrected chi connectivity index (χ3v) is 6.94. The summed E-state index contributed by atoms with van der Waals surface area (Å²) in [6.45, 7) is 4.25. The minimum atomic E-state index is -0.455. The number of ether oxygens (including phenoxy) is 1. The maximum Gasteiger partial charge on any atom is 0.251 e. The largest absolute Gasteiger partial charge is 0.382 e. The van der Waals surface area contributed by atoms with Crippen molar-refractivity contribution in [2.75, 3.05) is 13.7 Å². The Labute approximate surface area is 213 Å². The van der Waals surface area contributed by atoms with Crippen LogP contribution in [0.4, 0.5) is 0 Å². The lowest BCUT2D eigenvalue weighted by Crippen LogP contribution is -2.50. The van der Waals surface area contributed by atoms with Crippen molar-refractivity contribution >= 4 is 23.8 Å². The standard InChI is InChI=1S/C27H30N4O3.C2H6/c1-34-16-24-19-6-4-7-20(14-19)26(33)30-23-12-11-18-10-9-17(13-22(18)23)5-2-3-8-21-15-25(32)31(24)27(28)29-21;1-2/h2,4-7,9-10,13-14,21,23-24H,3,8,11-12,15-16H2,1H3,(H2,28,29)(H,30,33);1-2H3/b5-2-;. The van der Waals surface area contributed by atoms with Crippen LogP contribution in [0.15, 0.2) is 53.5 Å². The van der Waals surface area contributed by atoms with Gasteiger partial charge in [-0.2, -0.15) is 0 Å². The van der Waals surface area contributed by atoms with Crippen LogP contribution in [0.25, 0.3) is 6.08 Å². The van der Waals surface area contributed by atoms with E-state index in [0.717, 1.165) is 36.8 Å². The van der Waals surface area contributed by atoms with Gasteiger partial charge in [-0.15, -0.1) is 0 Å². The lowest BCUT2D eigenvalue weighted by Gasteiger charge is -2.35. The van der Waals surface area contributed by atoms with Gasteiger partial charge < -0.3 is 15.8 Å². The van der Waals surface area contributed by atoms with Crippen molar-refractivity contribution in [1.29, 1.82) is 0 Å². The number of rotatable bonds is 2. The molecular weight excluding hydrogens is 452 g/mol. The normalized spacial score (nSPS) is 24.1. The Balaban J connectivity index is 0.00000148. The second-order valence-electron chi connectivity index (χ2n) is 9.21. The maximum absolute atomic E-state index is 13.2. The second kappa shape index (κ2) is 11.5. The van der Waals surface area contributed by atoms with E-state index in [1.54, 1.807) is 13.2 Å². The number of guanidine groups is 1. The van der Waals surface area contributed by atoms with Crippen LogP contribution in [0, 0.1) is 0 Å². The van der Waals surface area contributed by atoms with Crippen molar-refractivity contribution in [2.24, 2.45) is 10.7 Å². The van der Waals surface area contributed by atoms with E-state index < -0.39 is 6.04 Å². The monoisotopic (exact) mass is 488 g/mol. The van der Waals surface area contributed by atoms with Gasteiger partial charge in [0.15, 0.2) is 5.96 Å². The van der Waals surface area contributed by atoms with Gasteiger partial charge in [-0.1, -0.05) is 50.3 Å². The summed E-state index contributed by atoms with van der Waals surface area (Å²) in [6.07, 6.45) is 7.92. The van der Waals surface area contributed by atoms with E-state index in [2.05, 4.69) is 40.7 Å². The third kappa shape index (κ3) is 5.36. The number of methoxy groups -OCH3 is 1. The molecule has 7 nitrogen and oxygen atoms in total. The Morgan fingerprint density at radius 3 is 2.75 bits per heavy atom. The number of aryl methyl sites for hydroxylation is 1. The fourth-order valence-electron chi connectivity index (χ4n) is 5.21. The zero-order valence-electron chi connectivity index (χ0n) is 21.4. The molecule has 0 saturated carbocycles. The van der Waals surface area contributed by atoms with Crippen LogP contribution in [-0.2, 0) is 16.0 Å². The molecule has 4 aliphatic rings. The molecule has 2 amide bonds. The number of amides is 2. The Morgan fingerprint density at radius 1 is 1.14 bits per heavy atom. The Bertz CT molecular complexity index is 1170. The van der Waals surface area contributed by atoms with Crippen molar-refractivity contribution in [3.8, 4) is 0 Å². The molecule has 0 saturated heterocycles. The van der Waals surface area contributed by atoms with Gasteiger partial charge in [0.05, 0.1) is 24.7 Å². The molecule has 0 fully saturated rings. The topological polar surface area (TPSA) is 97.0 Å². The minimum Gasteiger partial charge on any atom is -0.382 e. The van der Waals surface area contributed by atoms with Crippen molar-refractivity contribution < 1.29 is 14.3 Å². The number of benzene rings is 2. The average molecular weight is 489 g/mol. The molecular formula is C29H36N4O3. The molecule has 2 aromatic carbocycles. The van der Waals surface area contributed by atoms with E-state index in [1.807, 2.05) is 32.0 Å². The van der Waals surface area contributed by atoms with Crippen LogP contribution < -0.4 is 11.1 Å². The highest BCUT2D eigenvalue weighted by molar-refractivity contribution is 5.99. The summed E-state index contributed by atoms with van der Waals surface area (Å²) in [4.78, 5) is 32.5. The number of hydrogen-bond donors (Lipinski definition) is 2. The number of nitrogens with zero attached hydrogens (tertiary/aromatic N) is 2. The summed E-state index contributed by atoms with van der Waals surface area (Å²) >= 11 is 0. The predicted molar refractivity (Wildman–Crippen MR) is 143 cm³/mol. The second-order valence-corrected chi connectivity index (χ2v) is 9.21. The molecule has 0 spiro atoms. The molecule has 0 aromatic heterocycles. The molecule has 2 aromatic rings. The smallest absolute Gasteiger partial charge is 0.251 e. The van der Waals surface area contributed by atoms with Crippen LogP contribution in [0.2, 0.25) is 0 Å². The number of carbonyl (C=O) groups excluding carboxylic acids is 2. The first-order valence-corrected chi connectivity index (χ1v) is 12.9. The average Bonchev–Trinajstić information content (AvgIpc) is 3.28.